The molecule has 4 heterocycles. The molecule has 300 valence electrons. The first kappa shape index (κ1) is 50.0. The van der Waals surface area contributed by atoms with Gasteiger partial charge < -0.3 is 37.0 Å². The molecule has 0 aliphatic heterocycles. The van der Waals surface area contributed by atoms with Crippen LogP contribution in [0.2, 0.25) is 0 Å². The van der Waals surface area contributed by atoms with Gasteiger partial charge >= 0.3 is 0 Å². The molecule has 0 radical (unpaired) electrons. The average Bonchev–Trinajstić information content (AvgIpc) is 3.19. The zero-order chi connectivity index (χ0) is 45.1. The molecule has 4 rings (SSSR count). The molecule has 0 amide bonds. The van der Waals surface area contributed by atoms with Crippen molar-refractivity contribution >= 4 is 52.0 Å². The van der Waals surface area contributed by atoms with Crippen LogP contribution >= 0.6 is 23.1 Å². The summed E-state index contributed by atoms with van der Waals surface area (Å²) in [6, 6.07) is 3.47. The molecule has 0 unspecified atom stereocenters. The SMILES string of the molecule is C#C.C#CC#CC#CC#CC#CC#CC#CC#CC.CC(C)c1cnc(Br)cc1Oc1cnc(N)nc1N.CC(C)c1cnc(P(C)(C)=O)cc1Oc1cnc(N)nc1N. The summed E-state index contributed by atoms with van der Waals surface area (Å²) in [7, 11) is -2.49. The van der Waals surface area contributed by atoms with Crippen LogP contribution in [0.15, 0.2) is 41.5 Å². The Balaban J connectivity index is 0.000000445. The highest BCUT2D eigenvalue weighted by molar-refractivity contribution is 9.10. The summed E-state index contributed by atoms with van der Waals surface area (Å²) < 4.78 is 24.5. The Morgan fingerprint density at radius 2 is 0.983 bits per heavy atom. The van der Waals surface area contributed by atoms with Crippen molar-refractivity contribution in [1.82, 2.24) is 29.9 Å². The number of terminal acetylenes is 2. The van der Waals surface area contributed by atoms with Gasteiger partial charge in [0.2, 0.25) is 11.9 Å². The molecular weight excluding hydrogens is 839 g/mol. The van der Waals surface area contributed by atoms with Gasteiger partial charge in [-0.3, -0.25) is 4.98 Å². The first-order chi connectivity index (χ1) is 28.6. The van der Waals surface area contributed by atoms with Gasteiger partial charge in [0.15, 0.2) is 23.1 Å². The Kier molecular flexibility index (Phi) is 22.3. The van der Waals surface area contributed by atoms with E-state index in [4.69, 9.17) is 38.8 Å². The summed E-state index contributed by atoms with van der Waals surface area (Å²) in [6.07, 6.45) is 19.2. The van der Waals surface area contributed by atoms with Crippen LogP contribution in [0.1, 0.15) is 57.6 Å². The van der Waals surface area contributed by atoms with Gasteiger partial charge in [-0.2, -0.15) is 9.97 Å². The molecule has 4 aromatic rings. The minimum atomic E-state index is -2.49. The van der Waals surface area contributed by atoms with Gasteiger partial charge in [0.05, 0.1) is 12.4 Å². The molecule has 4 aromatic heterocycles. The summed E-state index contributed by atoms with van der Waals surface area (Å²) in [4.78, 5) is 23.9. The van der Waals surface area contributed by atoms with Crippen LogP contribution in [0.5, 0.6) is 23.0 Å². The van der Waals surface area contributed by atoms with E-state index in [-0.39, 0.29) is 35.4 Å². The van der Waals surface area contributed by atoms with E-state index in [0.29, 0.717) is 33.0 Å². The third-order valence-corrected chi connectivity index (χ3v) is 8.31. The molecule has 8 N–H and O–H groups in total. The Bertz CT molecular complexity index is 2730. The van der Waals surface area contributed by atoms with E-state index in [0.717, 1.165) is 11.1 Å². The summed E-state index contributed by atoms with van der Waals surface area (Å²) in [5, 5.41) is 0. The summed E-state index contributed by atoms with van der Waals surface area (Å²) in [5.41, 5.74) is 24.8. The second kappa shape index (κ2) is 26.8. The van der Waals surface area contributed by atoms with Crippen LogP contribution in [0, 0.1) is 108 Å². The fourth-order valence-electron chi connectivity index (χ4n) is 3.83. The molecule has 0 fully saturated rings. The number of hydrogen-bond donors (Lipinski definition) is 4. The molecule has 0 saturated carbocycles. The van der Waals surface area contributed by atoms with E-state index in [1.165, 1.54) is 12.4 Å². The maximum atomic E-state index is 12.2. The van der Waals surface area contributed by atoms with Gasteiger partial charge in [0.1, 0.15) is 28.7 Å². The smallest absolute Gasteiger partial charge is 0.222 e. The second-order valence-electron chi connectivity index (χ2n) is 12.0. The number of pyridine rings is 2. The van der Waals surface area contributed by atoms with E-state index in [1.807, 2.05) is 13.8 Å². The zero-order valence-corrected chi connectivity index (χ0v) is 36.4. The van der Waals surface area contributed by atoms with E-state index >= 15 is 0 Å². The van der Waals surface area contributed by atoms with Crippen molar-refractivity contribution in [2.24, 2.45) is 0 Å². The molecule has 0 aliphatic carbocycles. The predicted octanol–water partition coefficient (Wildman–Crippen LogP) is 5.83. The van der Waals surface area contributed by atoms with Crippen molar-refractivity contribution in [2.75, 3.05) is 36.3 Å². The maximum absolute atomic E-state index is 12.2. The van der Waals surface area contributed by atoms with Crippen molar-refractivity contribution in [3.63, 3.8) is 0 Å². The van der Waals surface area contributed by atoms with E-state index in [2.05, 4.69) is 161 Å². The molecule has 0 bridgehead atoms. The highest BCUT2D eigenvalue weighted by atomic mass is 79.9. The first-order valence-electron chi connectivity index (χ1n) is 17.1. The van der Waals surface area contributed by atoms with E-state index < -0.39 is 7.14 Å². The van der Waals surface area contributed by atoms with Crippen molar-refractivity contribution in [3.05, 3.63) is 52.7 Å². The van der Waals surface area contributed by atoms with Crippen LogP contribution in [0.25, 0.3) is 0 Å². The minimum Gasteiger partial charge on any atom is -0.451 e. The normalized spacial score (nSPS) is 8.78. The highest BCUT2D eigenvalue weighted by Crippen LogP contribution is 2.38. The molecule has 0 spiro atoms. The first-order valence-corrected chi connectivity index (χ1v) is 20.5. The van der Waals surface area contributed by atoms with Gasteiger partial charge in [-0.25, -0.2) is 15.0 Å². The minimum absolute atomic E-state index is 0.0796. The third-order valence-electron chi connectivity index (χ3n) is 6.53. The van der Waals surface area contributed by atoms with Crippen molar-refractivity contribution in [1.29, 1.82) is 0 Å². The Morgan fingerprint density at radius 3 is 1.35 bits per heavy atom. The number of nitrogens with two attached hydrogens (primary N) is 4. The molecule has 60 heavy (non-hydrogen) atoms. The number of anilines is 4. The molecule has 0 saturated heterocycles. The number of hydrogen-bond acceptors (Lipinski definition) is 13. The lowest BCUT2D eigenvalue weighted by Crippen LogP contribution is -2.11. The number of halogens is 1. The number of nitrogens with zero attached hydrogens (tertiary/aromatic N) is 6. The molecular formula is C45H40BrN10O3P. The summed E-state index contributed by atoms with van der Waals surface area (Å²) >= 11 is 3.32. The molecule has 0 aromatic carbocycles. The van der Waals surface area contributed by atoms with Gasteiger partial charge in [-0.1, -0.05) is 33.6 Å². The van der Waals surface area contributed by atoms with Crippen LogP contribution < -0.4 is 37.8 Å². The average molecular weight is 880 g/mol. The summed E-state index contributed by atoms with van der Waals surface area (Å²) in [5.74, 6) is 39.8. The quantitative estimate of drug-likeness (QED) is 0.0978. The van der Waals surface area contributed by atoms with Crippen LogP contribution in [0.4, 0.5) is 23.5 Å². The van der Waals surface area contributed by atoms with Gasteiger partial charge in [0.25, 0.3) is 0 Å². The molecule has 13 nitrogen and oxygen atoms in total. The van der Waals surface area contributed by atoms with Crippen molar-refractivity contribution in [2.45, 2.75) is 46.5 Å². The Labute approximate surface area is 361 Å². The van der Waals surface area contributed by atoms with Gasteiger partial charge in [-0.15, -0.1) is 19.3 Å². The lowest BCUT2D eigenvalue weighted by atomic mass is 10.1. The van der Waals surface area contributed by atoms with Crippen molar-refractivity contribution < 1.29 is 14.0 Å². The largest absolute Gasteiger partial charge is 0.451 e. The number of nitrogen functional groups attached to an aromatic ring is 4. The maximum Gasteiger partial charge on any atom is 0.222 e. The third kappa shape index (κ3) is 18.8. The monoisotopic (exact) mass is 878 g/mol. The molecule has 15 heteroatoms. The Morgan fingerprint density at radius 1 is 0.600 bits per heavy atom. The number of aromatic nitrogens is 6. The lowest BCUT2D eigenvalue weighted by Gasteiger charge is -2.16. The standard InChI is InChI=1S/C17H4.C14H20N5O2P.C12H14BrN5O.C2H2/c1-3-5-7-9-11-13-15-17-16-14-12-10-8-6-4-2;1-8(2)9-6-17-12(22(3,4)20)5-10(9)21-11-7-18-14(16)19-13(11)15;1-6(2)7-4-16-10(13)3-8(7)19-9-5-17-12(15)18-11(9)14;1-2/h1H,2H3;5-8H,1-4H3,(H4,15,16,18,19);3-6H,1-2H3,(H4,14,15,17,18);1-2H. The fourth-order valence-corrected chi connectivity index (χ4v) is 4.91. The van der Waals surface area contributed by atoms with Crippen LogP contribution in [0.3, 0.4) is 0 Å². The second-order valence-corrected chi connectivity index (χ2v) is 15.9. The zero-order valence-electron chi connectivity index (χ0n) is 33.9. The highest BCUT2D eigenvalue weighted by Gasteiger charge is 2.19. The van der Waals surface area contributed by atoms with Gasteiger partial charge in [0, 0.05) is 35.7 Å². The van der Waals surface area contributed by atoms with E-state index in [9.17, 15) is 4.57 Å². The topological polar surface area (TPSA) is 217 Å². The Hall–Kier alpha value is -7.99. The van der Waals surface area contributed by atoms with Gasteiger partial charge in [-0.05, 0) is 131 Å². The number of rotatable bonds is 7. The van der Waals surface area contributed by atoms with Crippen LogP contribution in [-0.2, 0) is 4.57 Å². The predicted molar refractivity (Wildman–Crippen MR) is 244 cm³/mol. The fraction of sp³-hybridized carbons (Fsp3) is 0.200. The van der Waals surface area contributed by atoms with Crippen LogP contribution in [-0.4, -0.2) is 43.2 Å². The van der Waals surface area contributed by atoms with E-state index in [1.54, 1.807) is 44.8 Å². The summed E-state index contributed by atoms with van der Waals surface area (Å²) in [6.45, 7) is 13.2. The van der Waals surface area contributed by atoms with Crippen molar-refractivity contribution in [3.8, 4) is 131 Å². The molecule has 0 atom stereocenters. The number of ether oxygens (including phenoxy) is 2. The lowest BCUT2D eigenvalue weighted by molar-refractivity contribution is 0.469. The molecule has 0 aliphatic rings.